The minimum atomic E-state index is 1.06. The van der Waals surface area contributed by atoms with Crippen LogP contribution in [0, 0.1) is 13.8 Å². The van der Waals surface area contributed by atoms with E-state index >= 15 is 0 Å². The summed E-state index contributed by atoms with van der Waals surface area (Å²) in [6.07, 6.45) is 1.81. The number of hydrogen-bond acceptors (Lipinski definition) is 2. The molecular formula is C20H18N2. The fraction of sp³-hybridized carbons (Fsp3) is 0.100. The number of nitrogens with zero attached hydrogens (tertiary/aromatic N) is 2. The summed E-state index contributed by atoms with van der Waals surface area (Å²) in [5, 5.41) is 2.45. The second-order valence-electron chi connectivity index (χ2n) is 5.29. The fourth-order valence-electron chi connectivity index (χ4n) is 2.53. The van der Waals surface area contributed by atoms with Gasteiger partial charge in [-0.1, -0.05) is 42.5 Å². The van der Waals surface area contributed by atoms with Crippen LogP contribution in [0.15, 0.2) is 72.9 Å². The van der Waals surface area contributed by atoms with Crippen molar-refractivity contribution in [1.29, 1.82) is 0 Å². The molecule has 0 radical (unpaired) electrons. The minimum absolute atomic E-state index is 1.06. The van der Waals surface area contributed by atoms with Crippen LogP contribution in [0.5, 0.6) is 0 Å². The summed E-state index contributed by atoms with van der Waals surface area (Å²) in [6.45, 7) is 4.15. The first-order valence-corrected chi connectivity index (χ1v) is 7.37. The van der Waals surface area contributed by atoms with Gasteiger partial charge in [0.2, 0.25) is 0 Å². The number of hydrogen-bond donors (Lipinski definition) is 0. The number of para-hydroxylation sites is 2. The Morgan fingerprint density at radius 2 is 1.41 bits per heavy atom. The zero-order chi connectivity index (χ0) is 15.4. The molecule has 2 heteroatoms. The van der Waals surface area contributed by atoms with E-state index in [0.717, 1.165) is 16.7 Å². The standard InChI is InChI=1S/C11H11N.C9H7N/c1-8-7-9(2)12-11-6-4-3-5-10(8)11;1-2-6-9-8(4-1)5-3-7-10-9/h3-7H,1-2H3;1-7H. The number of pyridine rings is 2. The molecule has 108 valence electrons. The zero-order valence-corrected chi connectivity index (χ0v) is 12.8. The van der Waals surface area contributed by atoms with Gasteiger partial charge in [0, 0.05) is 22.7 Å². The van der Waals surface area contributed by atoms with Crippen LogP contribution in [0.3, 0.4) is 0 Å². The Balaban J connectivity index is 0.000000133. The lowest BCUT2D eigenvalue weighted by molar-refractivity contribution is 1.23. The molecule has 4 aromatic rings. The summed E-state index contributed by atoms with van der Waals surface area (Å²) < 4.78 is 0. The van der Waals surface area contributed by atoms with E-state index < -0.39 is 0 Å². The van der Waals surface area contributed by atoms with Crippen LogP contribution in [-0.2, 0) is 0 Å². The van der Waals surface area contributed by atoms with Gasteiger partial charge in [-0.05, 0) is 43.7 Å². The number of benzene rings is 2. The van der Waals surface area contributed by atoms with Crippen molar-refractivity contribution in [3.05, 3.63) is 84.2 Å². The van der Waals surface area contributed by atoms with Crippen molar-refractivity contribution in [1.82, 2.24) is 9.97 Å². The monoisotopic (exact) mass is 286 g/mol. The van der Waals surface area contributed by atoms with Crippen LogP contribution < -0.4 is 0 Å². The topological polar surface area (TPSA) is 25.8 Å². The Morgan fingerprint density at radius 3 is 2.23 bits per heavy atom. The number of aryl methyl sites for hydroxylation is 2. The maximum atomic E-state index is 4.44. The van der Waals surface area contributed by atoms with Crippen LogP contribution in [-0.4, -0.2) is 9.97 Å². The van der Waals surface area contributed by atoms with Crippen molar-refractivity contribution in [3.8, 4) is 0 Å². The molecule has 0 bridgehead atoms. The molecule has 0 N–H and O–H groups in total. The highest BCUT2D eigenvalue weighted by Gasteiger charge is 1.97. The molecule has 0 saturated heterocycles. The summed E-state index contributed by atoms with van der Waals surface area (Å²) >= 11 is 0. The molecule has 0 atom stereocenters. The third-order valence-electron chi connectivity index (χ3n) is 3.56. The molecule has 0 aliphatic rings. The van der Waals surface area contributed by atoms with Gasteiger partial charge in [-0.15, -0.1) is 0 Å². The average Bonchev–Trinajstić information content (AvgIpc) is 2.55. The maximum absolute atomic E-state index is 4.44. The molecule has 0 fully saturated rings. The number of aromatic nitrogens is 2. The third kappa shape index (κ3) is 3.12. The Bertz CT molecular complexity index is 848. The van der Waals surface area contributed by atoms with Gasteiger partial charge in [-0.2, -0.15) is 0 Å². The Morgan fingerprint density at radius 1 is 0.727 bits per heavy atom. The molecule has 0 aliphatic carbocycles. The van der Waals surface area contributed by atoms with E-state index in [4.69, 9.17) is 0 Å². The third-order valence-corrected chi connectivity index (χ3v) is 3.56. The van der Waals surface area contributed by atoms with E-state index in [9.17, 15) is 0 Å². The molecule has 0 saturated carbocycles. The average molecular weight is 286 g/mol. The highest BCUT2D eigenvalue weighted by atomic mass is 14.7. The van der Waals surface area contributed by atoms with Gasteiger partial charge in [-0.25, -0.2) is 0 Å². The van der Waals surface area contributed by atoms with Gasteiger partial charge >= 0.3 is 0 Å². The van der Waals surface area contributed by atoms with Gasteiger partial charge < -0.3 is 0 Å². The van der Waals surface area contributed by atoms with Gasteiger partial charge in [0.25, 0.3) is 0 Å². The minimum Gasteiger partial charge on any atom is -0.256 e. The highest BCUT2D eigenvalue weighted by Crippen LogP contribution is 2.16. The van der Waals surface area contributed by atoms with Crippen molar-refractivity contribution < 1.29 is 0 Å². The largest absolute Gasteiger partial charge is 0.256 e. The predicted molar refractivity (Wildman–Crippen MR) is 93.0 cm³/mol. The summed E-state index contributed by atoms with van der Waals surface area (Å²) in [6, 6.07) is 22.4. The summed E-state index contributed by atoms with van der Waals surface area (Å²) in [4.78, 5) is 8.62. The van der Waals surface area contributed by atoms with E-state index in [-0.39, 0.29) is 0 Å². The van der Waals surface area contributed by atoms with Crippen LogP contribution in [0.1, 0.15) is 11.3 Å². The molecule has 2 heterocycles. The van der Waals surface area contributed by atoms with Crippen molar-refractivity contribution in [2.24, 2.45) is 0 Å². The van der Waals surface area contributed by atoms with Gasteiger partial charge in [0.15, 0.2) is 0 Å². The van der Waals surface area contributed by atoms with Crippen molar-refractivity contribution in [2.75, 3.05) is 0 Å². The van der Waals surface area contributed by atoms with Crippen LogP contribution in [0.25, 0.3) is 21.8 Å². The first-order valence-electron chi connectivity index (χ1n) is 7.37. The molecule has 22 heavy (non-hydrogen) atoms. The second kappa shape index (κ2) is 6.35. The van der Waals surface area contributed by atoms with E-state index in [1.54, 1.807) is 0 Å². The quantitative estimate of drug-likeness (QED) is 0.450. The normalized spacial score (nSPS) is 10.3. The van der Waals surface area contributed by atoms with E-state index in [2.05, 4.69) is 47.2 Å². The zero-order valence-electron chi connectivity index (χ0n) is 12.8. The molecule has 0 spiro atoms. The van der Waals surface area contributed by atoms with Gasteiger partial charge in [0.1, 0.15) is 0 Å². The van der Waals surface area contributed by atoms with Crippen molar-refractivity contribution >= 4 is 21.8 Å². The fourth-order valence-corrected chi connectivity index (χ4v) is 2.53. The van der Waals surface area contributed by atoms with E-state index in [0.29, 0.717) is 0 Å². The molecule has 2 aromatic heterocycles. The molecule has 2 aromatic carbocycles. The summed E-state index contributed by atoms with van der Waals surface area (Å²) in [5.41, 5.74) is 4.55. The van der Waals surface area contributed by atoms with E-state index in [1.807, 2.05) is 49.5 Å². The van der Waals surface area contributed by atoms with Gasteiger partial charge in [-0.3, -0.25) is 9.97 Å². The van der Waals surface area contributed by atoms with Gasteiger partial charge in [0.05, 0.1) is 11.0 Å². The lowest BCUT2D eigenvalue weighted by Gasteiger charge is -2.01. The summed E-state index contributed by atoms with van der Waals surface area (Å²) in [7, 11) is 0. The Kier molecular flexibility index (Phi) is 4.10. The van der Waals surface area contributed by atoms with Crippen molar-refractivity contribution in [2.45, 2.75) is 13.8 Å². The smallest absolute Gasteiger partial charge is 0.0707 e. The maximum Gasteiger partial charge on any atom is 0.0707 e. The van der Waals surface area contributed by atoms with E-state index in [1.165, 1.54) is 16.3 Å². The molecular weight excluding hydrogens is 268 g/mol. The van der Waals surface area contributed by atoms with Crippen molar-refractivity contribution in [3.63, 3.8) is 0 Å². The first-order chi connectivity index (χ1) is 10.7. The molecule has 0 unspecified atom stereocenters. The predicted octanol–water partition coefficient (Wildman–Crippen LogP) is 5.09. The van der Waals surface area contributed by atoms with Crippen LogP contribution in [0.2, 0.25) is 0 Å². The number of rotatable bonds is 0. The lowest BCUT2D eigenvalue weighted by atomic mass is 10.1. The Labute approximate surface area is 130 Å². The Hall–Kier alpha value is -2.74. The number of fused-ring (bicyclic) bond motifs is 2. The lowest BCUT2D eigenvalue weighted by Crippen LogP contribution is -1.85. The SMILES string of the molecule is Cc1cc(C)c2ccccc2n1.c1ccc2ncccc2c1. The first kappa shape index (κ1) is 14.2. The highest BCUT2D eigenvalue weighted by molar-refractivity contribution is 5.82. The summed E-state index contributed by atoms with van der Waals surface area (Å²) in [5.74, 6) is 0. The molecule has 0 aliphatic heterocycles. The molecule has 2 nitrogen and oxygen atoms in total. The van der Waals surface area contributed by atoms with Crippen LogP contribution >= 0.6 is 0 Å². The molecule has 0 amide bonds. The van der Waals surface area contributed by atoms with Crippen LogP contribution in [0.4, 0.5) is 0 Å². The second-order valence-corrected chi connectivity index (χ2v) is 5.29. The molecule has 4 rings (SSSR count).